The third kappa shape index (κ3) is 8.02. The van der Waals surface area contributed by atoms with Crippen LogP contribution in [0.4, 0.5) is 24.5 Å². The third-order valence-electron chi connectivity index (χ3n) is 7.25. The molecule has 0 radical (unpaired) electrons. The van der Waals surface area contributed by atoms with Gasteiger partial charge >= 0.3 is 12.1 Å². The maximum atomic E-state index is 13.1. The van der Waals surface area contributed by atoms with Crippen molar-refractivity contribution < 1.29 is 27.5 Å². The summed E-state index contributed by atoms with van der Waals surface area (Å²) in [5, 5.41) is 2.88. The normalized spacial score (nSPS) is 12.1. The Labute approximate surface area is 249 Å². The minimum absolute atomic E-state index is 0.304. The topological polar surface area (TPSA) is 61.9 Å². The zero-order chi connectivity index (χ0) is 31.0. The number of hydrogen-bond donors (Lipinski definition) is 1. The maximum Gasteiger partial charge on any atom is 0.416 e. The fraction of sp³-hybridized carbons (Fsp3) is 0.235. The minimum Gasteiger partial charge on any atom is -0.468 e. The molecule has 0 bridgehead atoms. The number of esters is 1. The van der Waals surface area contributed by atoms with Crippen molar-refractivity contribution in [2.24, 2.45) is 0 Å². The number of carbonyl (C=O) groups excluding carboxylic acids is 2. The molecule has 0 aliphatic rings. The number of likely N-dealkylation sites (N-methyl/N-ethyl adjacent to an activating group) is 1. The van der Waals surface area contributed by atoms with Crippen LogP contribution in [0, 0.1) is 0 Å². The molecule has 0 aromatic heterocycles. The van der Waals surface area contributed by atoms with Crippen molar-refractivity contribution in [3.63, 3.8) is 0 Å². The summed E-state index contributed by atoms with van der Waals surface area (Å²) in [6.45, 7) is 1.41. The Hall–Kier alpha value is -4.63. The van der Waals surface area contributed by atoms with E-state index < -0.39 is 17.8 Å². The minimum atomic E-state index is -4.43. The Bertz CT molecular complexity index is 1510. The van der Waals surface area contributed by atoms with Crippen LogP contribution in [-0.2, 0) is 15.7 Å². The van der Waals surface area contributed by atoms with Crippen LogP contribution < -0.4 is 10.2 Å². The first-order chi connectivity index (χ1) is 20.6. The fourth-order valence-corrected chi connectivity index (χ4v) is 4.90. The molecule has 6 nitrogen and oxygen atoms in total. The van der Waals surface area contributed by atoms with Gasteiger partial charge in [0.05, 0.1) is 12.7 Å². The quantitative estimate of drug-likeness (QED) is 0.186. The van der Waals surface area contributed by atoms with Crippen molar-refractivity contribution in [3.05, 3.63) is 120 Å². The van der Waals surface area contributed by atoms with E-state index in [-0.39, 0.29) is 11.9 Å². The second-order valence-corrected chi connectivity index (χ2v) is 10.2. The monoisotopic (exact) mass is 589 g/mol. The second-order valence-electron chi connectivity index (χ2n) is 10.2. The highest BCUT2D eigenvalue weighted by Gasteiger charge is 2.30. The van der Waals surface area contributed by atoms with Crippen LogP contribution in [0.1, 0.15) is 33.9 Å². The lowest BCUT2D eigenvalue weighted by molar-refractivity contribution is -0.146. The van der Waals surface area contributed by atoms with Gasteiger partial charge < -0.3 is 15.0 Å². The fourth-order valence-electron chi connectivity index (χ4n) is 4.90. The lowest BCUT2D eigenvalue weighted by atomic mass is 9.98. The number of alkyl halides is 3. The summed E-state index contributed by atoms with van der Waals surface area (Å²) >= 11 is 0. The van der Waals surface area contributed by atoms with Crippen LogP contribution >= 0.6 is 0 Å². The SMILES string of the molecule is COC(=O)C(c1ccccc1)N(C)CCCN(C)c1ccc(NC(=O)c2ccccc2-c2ccc(C(F)(F)F)cc2)cc1. The number of benzene rings is 4. The van der Waals surface area contributed by atoms with E-state index in [1.165, 1.54) is 19.2 Å². The number of nitrogens with zero attached hydrogens (tertiary/aromatic N) is 2. The predicted octanol–water partition coefficient (Wildman–Crippen LogP) is 7.30. The lowest BCUT2D eigenvalue weighted by Crippen LogP contribution is -2.34. The number of nitrogens with one attached hydrogen (secondary N) is 1. The molecule has 1 unspecified atom stereocenters. The van der Waals surface area contributed by atoms with Crippen molar-refractivity contribution in [1.82, 2.24) is 4.90 Å². The first kappa shape index (κ1) is 31.3. The van der Waals surface area contributed by atoms with Crippen molar-refractivity contribution >= 4 is 23.3 Å². The van der Waals surface area contributed by atoms with Gasteiger partial charge in [-0.05, 0) is 72.6 Å². The van der Waals surface area contributed by atoms with E-state index in [4.69, 9.17) is 4.74 Å². The molecule has 4 rings (SSSR count). The standard InChI is InChI=1S/C34H34F3N3O3/c1-39(22-9-23-40(2)31(33(42)43-3)25-10-5-4-6-11-25)28-20-18-27(19-21-28)38-32(41)30-13-8-7-12-29(30)24-14-16-26(17-15-24)34(35,36)37/h4-8,10-21,31H,9,22-23H2,1-3H3,(H,38,41). The largest absolute Gasteiger partial charge is 0.468 e. The van der Waals surface area contributed by atoms with E-state index in [1.807, 2.05) is 61.5 Å². The van der Waals surface area contributed by atoms with Gasteiger partial charge in [0.15, 0.2) is 0 Å². The molecule has 0 saturated heterocycles. The third-order valence-corrected chi connectivity index (χ3v) is 7.25. The molecule has 9 heteroatoms. The van der Waals surface area contributed by atoms with Gasteiger partial charge in [-0.2, -0.15) is 13.2 Å². The molecule has 4 aromatic rings. The molecule has 1 amide bonds. The first-order valence-corrected chi connectivity index (χ1v) is 13.8. The Morgan fingerprint density at radius 1 is 0.814 bits per heavy atom. The zero-order valence-electron chi connectivity index (χ0n) is 24.3. The van der Waals surface area contributed by atoms with Crippen molar-refractivity contribution in [3.8, 4) is 11.1 Å². The van der Waals surface area contributed by atoms with E-state index in [0.29, 0.717) is 28.9 Å². The Morgan fingerprint density at radius 3 is 2.07 bits per heavy atom. The van der Waals surface area contributed by atoms with E-state index in [9.17, 15) is 22.8 Å². The number of ether oxygens (including phenoxy) is 1. The summed E-state index contributed by atoms with van der Waals surface area (Å²) in [6.07, 6.45) is -3.63. The number of anilines is 2. The molecule has 43 heavy (non-hydrogen) atoms. The number of rotatable bonds is 11. The first-order valence-electron chi connectivity index (χ1n) is 13.8. The number of amides is 1. The van der Waals surface area contributed by atoms with E-state index in [1.54, 1.807) is 36.4 Å². The summed E-state index contributed by atoms with van der Waals surface area (Å²) in [6, 6.07) is 28.0. The van der Waals surface area contributed by atoms with Crippen LogP contribution in [-0.4, -0.2) is 51.1 Å². The van der Waals surface area contributed by atoms with Gasteiger partial charge in [-0.1, -0.05) is 60.7 Å². The highest BCUT2D eigenvalue weighted by molar-refractivity contribution is 6.08. The molecule has 1 atom stereocenters. The van der Waals surface area contributed by atoms with Gasteiger partial charge in [0.25, 0.3) is 5.91 Å². The van der Waals surface area contributed by atoms with Gasteiger partial charge in [-0.15, -0.1) is 0 Å². The molecule has 0 spiro atoms. The molecule has 1 N–H and O–H groups in total. The van der Waals surface area contributed by atoms with Crippen molar-refractivity contribution in [2.75, 3.05) is 44.5 Å². The van der Waals surface area contributed by atoms with E-state index >= 15 is 0 Å². The van der Waals surface area contributed by atoms with Gasteiger partial charge in [-0.3, -0.25) is 9.69 Å². The van der Waals surface area contributed by atoms with Crippen LogP contribution in [0.15, 0.2) is 103 Å². The highest BCUT2D eigenvalue weighted by Crippen LogP contribution is 2.32. The number of hydrogen-bond acceptors (Lipinski definition) is 5. The number of methoxy groups -OCH3 is 1. The molecule has 0 heterocycles. The van der Waals surface area contributed by atoms with Crippen LogP contribution in [0.25, 0.3) is 11.1 Å². The smallest absolute Gasteiger partial charge is 0.416 e. The molecular weight excluding hydrogens is 555 g/mol. The number of halogens is 3. The van der Waals surface area contributed by atoms with E-state index in [2.05, 4.69) is 10.2 Å². The van der Waals surface area contributed by atoms with Gasteiger partial charge in [0, 0.05) is 37.1 Å². The van der Waals surface area contributed by atoms with Crippen LogP contribution in [0.5, 0.6) is 0 Å². The second kappa shape index (κ2) is 14.0. The average molecular weight is 590 g/mol. The molecule has 4 aromatic carbocycles. The Balaban J connectivity index is 1.35. The lowest BCUT2D eigenvalue weighted by Gasteiger charge is -2.27. The predicted molar refractivity (Wildman–Crippen MR) is 163 cm³/mol. The Morgan fingerprint density at radius 2 is 1.44 bits per heavy atom. The van der Waals surface area contributed by atoms with Gasteiger partial charge in [0.1, 0.15) is 6.04 Å². The van der Waals surface area contributed by atoms with E-state index in [0.717, 1.165) is 36.3 Å². The molecule has 0 aliphatic heterocycles. The summed E-state index contributed by atoms with van der Waals surface area (Å²) in [5.41, 5.74) is 3.09. The highest BCUT2D eigenvalue weighted by atomic mass is 19.4. The zero-order valence-corrected chi connectivity index (χ0v) is 24.3. The van der Waals surface area contributed by atoms with Crippen LogP contribution in [0.2, 0.25) is 0 Å². The van der Waals surface area contributed by atoms with Gasteiger partial charge in [0.2, 0.25) is 0 Å². The van der Waals surface area contributed by atoms with Gasteiger partial charge in [-0.25, -0.2) is 4.79 Å². The van der Waals surface area contributed by atoms with Crippen molar-refractivity contribution in [2.45, 2.75) is 18.6 Å². The maximum absolute atomic E-state index is 13.1. The molecule has 0 aliphatic carbocycles. The Kier molecular flexibility index (Phi) is 10.2. The van der Waals surface area contributed by atoms with Crippen molar-refractivity contribution in [1.29, 1.82) is 0 Å². The molecule has 0 saturated carbocycles. The van der Waals surface area contributed by atoms with Crippen LogP contribution in [0.3, 0.4) is 0 Å². The summed E-state index contributed by atoms with van der Waals surface area (Å²) < 4.78 is 44.0. The summed E-state index contributed by atoms with van der Waals surface area (Å²) in [4.78, 5) is 29.7. The number of carbonyl (C=O) groups is 2. The molecular formula is C34H34F3N3O3. The molecule has 0 fully saturated rings. The molecule has 224 valence electrons. The summed E-state index contributed by atoms with van der Waals surface area (Å²) in [7, 11) is 5.27. The average Bonchev–Trinajstić information content (AvgIpc) is 3.01. The summed E-state index contributed by atoms with van der Waals surface area (Å²) in [5.74, 6) is -0.667.